The predicted molar refractivity (Wildman–Crippen MR) is 63.6 cm³/mol. The molecule has 6 heteroatoms. The maximum atomic E-state index is 13.2. The topological polar surface area (TPSA) is 46.1 Å². The van der Waals surface area contributed by atoms with E-state index in [4.69, 9.17) is 0 Å². The van der Waals surface area contributed by atoms with Crippen molar-refractivity contribution >= 4 is 11.6 Å². The number of rotatable bonds is 4. The Kier molecular flexibility index (Phi) is 3.57. The zero-order valence-electron chi connectivity index (χ0n) is 9.36. The first-order valence-corrected chi connectivity index (χ1v) is 5.27. The Balaban J connectivity index is 1.95. The Morgan fingerprint density at radius 3 is 2.33 bits per heavy atom. The quantitative estimate of drug-likeness (QED) is 0.872. The van der Waals surface area contributed by atoms with Gasteiger partial charge in [-0.2, -0.15) is 0 Å². The van der Waals surface area contributed by atoms with Crippen LogP contribution in [0, 0.1) is 11.6 Å². The van der Waals surface area contributed by atoms with Gasteiger partial charge in [-0.25, -0.2) is 8.78 Å². The van der Waals surface area contributed by atoms with Crippen molar-refractivity contribution in [2.75, 3.05) is 17.3 Å². The summed E-state index contributed by atoms with van der Waals surface area (Å²) in [6.07, 6.45) is 3.41. The van der Waals surface area contributed by atoms with Crippen molar-refractivity contribution in [3.8, 4) is 0 Å². The molecule has 2 aromatic rings. The minimum Gasteiger partial charge on any atom is -0.320 e. The van der Waals surface area contributed by atoms with Crippen molar-refractivity contribution < 1.29 is 13.6 Å². The highest BCUT2D eigenvalue weighted by Gasteiger charge is 2.11. The minimum atomic E-state index is -0.802. The van der Waals surface area contributed by atoms with Crippen LogP contribution in [-0.4, -0.2) is 17.1 Å². The summed E-state index contributed by atoms with van der Waals surface area (Å²) in [5.41, 5.74) is 2.31. The SMILES string of the molecule is O=C(CNn1cccc1)Nc1c(F)cccc1F. The van der Waals surface area contributed by atoms with E-state index in [0.29, 0.717) is 0 Å². The molecule has 0 saturated carbocycles. The molecule has 4 nitrogen and oxygen atoms in total. The molecule has 0 saturated heterocycles. The van der Waals surface area contributed by atoms with Crippen LogP contribution in [0.2, 0.25) is 0 Å². The number of para-hydroxylation sites is 1. The Labute approximate surface area is 102 Å². The molecule has 0 atom stereocenters. The lowest BCUT2D eigenvalue weighted by molar-refractivity contribution is -0.114. The van der Waals surface area contributed by atoms with Gasteiger partial charge < -0.3 is 10.7 Å². The molecule has 0 radical (unpaired) electrons. The molecule has 1 heterocycles. The van der Waals surface area contributed by atoms with Crippen LogP contribution in [-0.2, 0) is 4.79 Å². The summed E-state index contributed by atoms with van der Waals surface area (Å²) >= 11 is 0. The molecular formula is C12H11F2N3O. The van der Waals surface area contributed by atoms with E-state index in [-0.39, 0.29) is 6.54 Å². The molecule has 0 unspecified atom stereocenters. The van der Waals surface area contributed by atoms with Crippen molar-refractivity contribution in [1.82, 2.24) is 4.68 Å². The zero-order valence-corrected chi connectivity index (χ0v) is 9.36. The van der Waals surface area contributed by atoms with Crippen LogP contribution in [0.1, 0.15) is 0 Å². The van der Waals surface area contributed by atoms with E-state index in [2.05, 4.69) is 10.7 Å². The number of hydrogen-bond donors (Lipinski definition) is 2. The van der Waals surface area contributed by atoms with Crippen molar-refractivity contribution in [2.45, 2.75) is 0 Å². The molecule has 2 rings (SSSR count). The van der Waals surface area contributed by atoms with Gasteiger partial charge >= 0.3 is 0 Å². The Morgan fingerprint density at radius 2 is 1.72 bits per heavy atom. The molecular weight excluding hydrogens is 240 g/mol. The molecule has 0 aliphatic carbocycles. The second kappa shape index (κ2) is 5.31. The van der Waals surface area contributed by atoms with Crippen molar-refractivity contribution in [3.63, 3.8) is 0 Å². The van der Waals surface area contributed by atoms with Gasteiger partial charge in [0.25, 0.3) is 0 Å². The van der Waals surface area contributed by atoms with E-state index in [1.165, 1.54) is 6.07 Å². The third-order valence-corrected chi connectivity index (χ3v) is 2.25. The van der Waals surface area contributed by atoms with Gasteiger partial charge in [0.2, 0.25) is 5.91 Å². The summed E-state index contributed by atoms with van der Waals surface area (Å²) in [6.45, 7) is -0.0948. The number of halogens is 2. The highest BCUT2D eigenvalue weighted by atomic mass is 19.1. The van der Waals surface area contributed by atoms with Crippen LogP contribution >= 0.6 is 0 Å². The van der Waals surface area contributed by atoms with Crippen LogP contribution in [0.4, 0.5) is 14.5 Å². The van der Waals surface area contributed by atoms with E-state index in [1.807, 2.05) is 0 Å². The summed E-state index contributed by atoms with van der Waals surface area (Å²) in [6, 6.07) is 6.96. The fourth-order valence-corrected chi connectivity index (χ4v) is 1.40. The number of benzene rings is 1. The predicted octanol–water partition coefficient (Wildman–Crippen LogP) is 1.95. The third-order valence-electron chi connectivity index (χ3n) is 2.25. The standard InChI is InChI=1S/C12H11F2N3O/c13-9-4-3-5-10(14)12(9)16-11(18)8-15-17-6-1-2-7-17/h1-7,15H,8H2,(H,16,18). The molecule has 1 aromatic carbocycles. The van der Waals surface area contributed by atoms with Crippen LogP contribution in [0.5, 0.6) is 0 Å². The molecule has 94 valence electrons. The van der Waals surface area contributed by atoms with Crippen LogP contribution in [0.3, 0.4) is 0 Å². The molecule has 0 fully saturated rings. The largest absolute Gasteiger partial charge is 0.320 e. The van der Waals surface area contributed by atoms with Gasteiger partial charge in [-0.3, -0.25) is 9.47 Å². The molecule has 0 spiro atoms. The van der Waals surface area contributed by atoms with Crippen molar-refractivity contribution in [1.29, 1.82) is 0 Å². The molecule has 0 aliphatic rings. The first kappa shape index (κ1) is 12.1. The van der Waals surface area contributed by atoms with Gasteiger partial charge in [0.05, 0.1) is 0 Å². The monoisotopic (exact) mass is 251 g/mol. The maximum Gasteiger partial charge on any atom is 0.245 e. The highest BCUT2D eigenvalue weighted by molar-refractivity contribution is 5.93. The normalized spacial score (nSPS) is 10.1. The Bertz CT molecular complexity index is 520. The average Bonchev–Trinajstić information content (AvgIpc) is 2.84. The minimum absolute atomic E-state index is 0.0948. The second-order valence-corrected chi connectivity index (χ2v) is 3.57. The molecule has 0 bridgehead atoms. The average molecular weight is 251 g/mol. The lowest BCUT2D eigenvalue weighted by atomic mass is 10.3. The molecule has 2 N–H and O–H groups in total. The zero-order chi connectivity index (χ0) is 13.0. The van der Waals surface area contributed by atoms with E-state index in [9.17, 15) is 13.6 Å². The number of amides is 1. The van der Waals surface area contributed by atoms with Gasteiger partial charge in [-0.05, 0) is 24.3 Å². The van der Waals surface area contributed by atoms with Crippen molar-refractivity contribution in [2.24, 2.45) is 0 Å². The fraction of sp³-hybridized carbons (Fsp3) is 0.0833. The third kappa shape index (κ3) is 2.85. The molecule has 1 amide bonds. The number of nitrogens with one attached hydrogen (secondary N) is 2. The summed E-state index contributed by atoms with van der Waals surface area (Å²) in [5, 5.41) is 2.18. The van der Waals surface area contributed by atoms with Gasteiger partial charge in [0.1, 0.15) is 23.9 Å². The van der Waals surface area contributed by atoms with Gasteiger partial charge in [-0.1, -0.05) is 6.07 Å². The fourth-order valence-electron chi connectivity index (χ4n) is 1.40. The van der Waals surface area contributed by atoms with Crippen LogP contribution in [0.15, 0.2) is 42.7 Å². The lowest BCUT2D eigenvalue weighted by Crippen LogP contribution is -2.27. The summed E-state index contributed by atoms with van der Waals surface area (Å²) < 4.78 is 28.1. The van der Waals surface area contributed by atoms with Crippen molar-refractivity contribution in [3.05, 3.63) is 54.4 Å². The smallest absolute Gasteiger partial charge is 0.245 e. The number of anilines is 1. The van der Waals surface area contributed by atoms with Gasteiger partial charge in [0.15, 0.2) is 0 Å². The highest BCUT2D eigenvalue weighted by Crippen LogP contribution is 2.17. The number of hydrogen-bond acceptors (Lipinski definition) is 2. The Hall–Kier alpha value is -2.37. The van der Waals surface area contributed by atoms with Gasteiger partial charge in [0, 0.05) is 12.4 Å². The summed E-state index contributed by atoms with van der Waals surface area (Å²) in [7, 11) is 0. The van der Waals surface area contributed by atoms with E-state index in [1.54, 1.807) is 29.2 Å². The first-order chi connectivity index (χ1) is 8.66. The lowest BCUT2D eigenvalue weighted by Gasteiger charge is -2.09. The summed E-state index contributed by atoms with van der Waals surface area (Å²) in [4.78, 5) is 11.5. The molecule has 1 aromatic heterocycles. The summed E-state index contributed by atoms with van der Waals surface area (Å²) in [5.74, 6) is -2.14. The van der Waals surface area contributed by atoms with E-state index in [0.717, 1.165) is 12.1 Å². The number of aromatic nitrogens is 1. The Morgan fingerprint density at radius 1 is 1.11 bits per heavy atom. The number of nitrogens with zero attached hydrogens (tertiary/aromatic N) is 1. The van der Waals surface area contributed by atoms with Crippen LogP contribution in [0.25, 0.3) is 0 Å². The molecule has 0 aliphatic heterocycles. The van der Waals surface area contributed by atoms with Crippen LogP contribution < -0.4 is 10.7 Å². The molecule has 18 heavy (non-hydrogen) atoms. The van der Waals surface area contributed by atoms with Gasteiger partial charge in [-0.15, -0.1) is 0 Å². The number of carbonyl (C=O) groups excluding carboxylic acids is 1. The second-order valence-electron chi connectivity index (χ2n) is 3.57. The van der Waals surface area contributed by atoms with E-state index < -0.39 is 23.2 Å². The maximum absolute atomic E-state index is 13.2. The van der Waals surface area contributed by atoms with E-state index >= 15 is 0 Å². The number of carbonyl (C=O) groups is 1. The first-order valence-electron chi connectivity index (χ1n) is 5.27.